The van der Waals surface area contributed by atoms with Crippen LogP contribution in [-0.2, 0) is 0 Å². The van der Waals surface area contributed by atoms with Crippen molar-refractivity contribution in [1.82, 2.24) is 0 Å². The van der Waals surface area contributed by atoms with Crippen molar-refractivity contribution in [2.24, 2.45) is 0 Å². The van der Waals surface area contributed by atoms with Gasteiger partial charge in [-0.3, -0.25) is 4.79 Å². The highest BCUT2D eigenvalue weighted by atomic mass is 16.5. The zero-order chi connectivity index (χ0) is 16.6. The lowest BCUT2D eigenvalue weighted by atomic mass is 10.3. The van der Waals surface area contributed by atoms with Crippen molar-refractivity contribution in [3.8, 4) is 11.5 Å². The van der Waals surface area contributed by atoms with E-state index in [1.807, 2.05) is 42.5 Å². The van der Waals surface area contributed by atoms with Gasteiger partial charge in [0.1, 0.15) is 24.7 Å². The van der Waals surface area contributed by atoms with Crippen molar-refractivity contribution in [2.75, 3.05) is 18.5 Å². The molecule has 122 valence electrons. The van der Waals surface area contributed by atoms with E-state index in [0.717, 1.165) is 5.75 Å². The summed E-state index contributed by atoms with van der Waals surface area (Å²) in [6.07, 6.45) is 1.46. The summed E-state index contributed by atoms with van der Waals surface area (Å²) < 4.78 is 16.3. The average molecular weight is 323 g/mol. The van der Waals surface area contributed by atoms with Crippen LogP contribution >= 0.6 is 0 Å². The second-order valence-electron chi connectivity index (χ2n) is 4.97. The number of hydrogen-bond acceptors (Lipinski definition) is 4. The average Bonchev–Trinajstić information content (AvgIpc) is 3.15. The largest absolute Gasteiger partial charge is 0.490 e. The molecule has 0 saturated carbocycles. The van der Waals surface area contributed by atoms with E-state index >= 15 is 0 Å². The molecule has 24 heavy (non-hydrogen) atoms. The van der Waals surface area contributed by atoms with Crippen LogP contribution in [0.15, 0.2) is 77.4 Å². The molecule has 0 spiro atoms. The fraction of sp³-hybridized carbons (Fsp3) is 0.105. The minimum Gasteiger partial charge on any atom is -0.490 e. The fourth-order valence-electron chi connectivity index (χ4n) is 2.10. The molecule has 1 N–H and O–H groups in total. The Labute approximate surface area is 139 Å². The highest BCUT2D eigenvalue weighted by molar-refractivity contribution is 6.02. The van der Waals surface area contributed by atoms with Crippen LogP contribution in [0.5, 0.6) is 11.5 Å². The Bertz CT molecular complexity index is 769. The Morgan fingerprint density at radius 3 is 2.38 bits per heavy atom. The fourth-order valence-corrected chi connectivity index (χ4v) is 2.10. The molecule has 0 radical (unpaired) electrons. The molecule has 0 aliphatic carbocycles. The van der Waals surface area contributed by atoms with Gasteiger partial charge in [-0.15, -0.1) is 0 Å². The van der Waals surface area contributed by atoms with Gasteiger partial charge < -0.3 is 19.2 Å². The van der Waals surface area contributed by atoms with Crippen LogP contribution in [0.2, 0.25) is 0 Å². The van der Waals surface area contributed by atoms with E-state index in [0.29, 0.717) is 24.7 Å². The molecule has 1 amide bonds. The Hall–Kier alpha value is -3.21. The molecule has 3 aromatic rings. The molecule has 0 fully saturated rings. The molecule has 0 saturated heterocycles. The molecule has 0 bridgehead atoms. The maximum atomic E-state index is 11.9. The topological polar surface area (TPSA) is 60.7 Å². The molecule has 1 aromatic heterocycles. The number of benzene rings is 2. The predicted octanol–water partition coefficient (Wildman–Crippen LogP) is 3.99. The van der Waals surface area contributed by atoms with Gasteiger partial charge in [-0.25, -0.2) is 0 Å². The molecule has 2 aromatic carbocycles. The van der Waals surface area contributed by atoms with E-state index in [4.69, 9.17) is 13.9 Å². The first kappa shape index (κ1) is 15.7. The number of furan rings is 1. The molecular formula is C19H17NO4. The Morgan fingerprint density at radius 2 is 1.62 bits per heavy atom. The maximum Gasteiger partial charge on any atom is 0.291 e. The molecule has 3 rings (SSSR count). The van der Waals surface area contributed by atoms with Crippen molar-refractivity contribution >= 4 is 11.6 Å². The van der Waals surface area contributed by atoms with Crippen molar-refractivity contribution < 1.29 is 18.7 Å². The second-order valence-corrected chi connectivity index (χ2v) is 4.97. The normalized spacial score (nSPS) is 10.2. The third-order valence-corrected chi connectivity index (χ3v) is 3.20. The van der Waals surface area contributed by atoms with Gasteiger partial charge >= 0.3 is 0 Å². The number of amides is 1. The molecule has 5 nitrogen and oxygen atoms in total. The SMILES string of the molecule is O=C(Nc1cccc(OCCOc2ccccc2)c1)c1ccco1. The molecule has 0 atom stereocenters. The van der Waals surface area contributed by atoms with Gasteiger partial charge in [0, 0.05) is 11.8 Å². The van der Waals surface area contributed by atoms with Crippen LogP contribution < -0.4 is 14.8 Å². The van der Waals surface area contributed by atoms with Gasteiger partial charge in [0.25, 0.3) is 5.91 Å². The first-order valence-electron chi connectivity index (χ1n) is 7.57. The third-order valence-electron chi connectivity index (χ3n) is 3.20. The number of para-hydroxylation sites is 1. The van der Waals surface area contributed by atoms with E-state index in [-0.39, 0.29) is 11.7 Å². The smallest absolute Gasteiger partial charge is 0.291 e. The van der Waals surface area contributed by atoms with Gasteiger partial charge in [-0.1, -0.05) is 24.3 Å². The van der Waals surface area contributed by atoms with E-state index in [2.05, 4.69) is 5.32 Å². The Morgan fingerprint density at radius 1 is 0.875 bits per heavy atom. The highest BCUT2D eigenvalue weighted by Gasteiger charge is 2.08. The van der Waals surface area contributed by atoms with Crippen LogP contribution in [0.1, 0.15) is 10.6 Å². The third kappa shape index (κ3) is 4.39. The molecular weight excluding hydrogens is 306 g/mol. The standard InChI is InChI=1S/C19H17NO4/c21-19(18-10-5-11-24-18)20-15-6-4-9-17(14-15)23-13-12-22-16-7-2-1-3-8-16/h1-11,14H,12-13H2,(H,20,21). The number of rotatable bonds is 7. The highest BCUT2D eigenvalue weighted by Crippen LogP contribution is 2.18. The van der Waals surface area contributed by atoms with E-state index < -0.39 is 0 Å². The van der Waals surface area contributed by atoms with Gasteiger partial charge in [-0.05, 0) is 36.4 Å². The molecule has 0 aliphatic rings. The maximum absolute atomic E-state index is 11.9. The monoisotopic (exact) mass is 323 g/mol. The number of carbonyl (C=O) groups excluding carboxylic acids is 1. The van der Waals surface area contributed by atoms with E-state index in [1.54, 1.807) is 24.3 Å². The number of ether oxygens (including phenoxy) is 2. The zero-order valence-electron chi connectivity index (χ0n) is 13.0. The molecule has 1 heterocycles. The van der Waals surface area contributed by atoms with Crippen LogP contribution in [0.4, 0.5) is 5.69 Å². The Kier molecular flexibility index (Phi) is 5.14. The minimum absolute atomic E-state index is 0.262. The van der Waals surface area contributed by atoms with E-state index in [9.17, 15) is 4.79 Å². The van der Waals surface area contributed by atoms with Crippen molar-refractivity contribution in [2.45, 2.75) is 0 Å². The summed E-state index contributed by atoms with van der Waals surface area (Å²) in [6, 6.07) is 20.0. The molecule has 0 unspecified atom stereocenters. The van der Waals surface area contributed by atoms with Crippen LogP contribution in [0, 0.1) is 0 Å². The van der Waals surface area contributed by atoms with Gasteiger partial charge in [-0.2, -0.15) is 0 Å². The zero-order valence-corrected chi connectivity index (χ0v) is 13.0. The van der Waals surface area contributed by atoms with Crippen LogP contribution in [0.3, 0.4) is 0 Å². The van der Waals surface area contributed by atoms with Gasteiger partial charge in [0.2, 0.25) is 0 Å². The Balaban J connectivity index is 1.49. The van der Waals surface area contributed by atoms with Crippen molar-refractivity contribution in [3.05, 3.63) is 78.8 Å². The summed E-state index contributed by atoms with van der Waals surface area (Å²) in [5, 5.41) is 2.76. The molecule has 5 heteroatoms. The minimum atomic E-state index is -0.301. The first-order valence-corrected chi connectivity index (χ1v) is 7.57. The number of hydrogen-bond donors (Lipinski definition) is 1. The van der Waals surface area contributed by atoms with Crippen LogP contribution in [-0.4, -0.2) is 19.1 Å². The van der Waals surface area contributed by atoms with E-state index in [1.165, 1.54) is 6.26 Å². The quantitative estimate of drug-likeness (QED) is 0.668. The van der Waals surface area contributed by atoms with Crippen molar-refractivity contribution in [3.63, 3.8) is 0 Å². The second kappa shape index (κ2) is 7.87. The lowest BCUT2D eigenvalue weighted by molar-refractivity contribution is 0.0996. The van der Waals surface area contributed by atoms with Crippen molar-refractivity contribution in [1.29, 1.82) is 0 Å². The molecule has 0 aliphatic heterocycles. The van der Waals surface area contributed by atoms with Gasteiger partial charge in [0.15, 0.2) is 5.76 Å². The summed E-state index contributed by atoms with van der Waals surface area (Å²) in [4.78, 5) is 11.9. The summed E-state index contributed by atoms with van der Waals surface area (Å²) in [5.74, 6) is 1.42. The number of anilines is 1. The number of nitrogens with one attached hydrogen (secondary N) is 1. The first-order chi connectivity index (χ1) is 11.8. The summed E-state index contributed by atoms with van der Waals surface area (Å²) >= 11 is 0. The lowest BCUT2D eigenvalue weighted by Crippen LogP contribution is -2.11. The summed E-state index contributed by atoms with van der Waals surface area (Å²) in [7, 11) is 0. The summed E-state index contributed by atoms with van der Waals surface area (Å²) in [5.41, 5.74) is 0.637. The van der Waals surface area contributed by atoms with Gasteiger partial charge in [0.05, 0.1) is 6.26 Å². The predicted molar refractivity (Wildman–Crippen MR) is 90.5 cm³/mol. The van der Waals surface area contributed by atoms with Crippen LogP contribution in [0.25, 0.3) is 0 Å². The summed E-state index contributed by atoms with van der Waals surface area (Å²) in [6.45, 7) is 0.845. The lowest BCUT2D eigenvalue weighted by Gasteiger charge is -2.10. The number of carbonyl (C=O) groups is 1.